The maximum Gasteiger partial charge on any atom is 0.125 e. The highest BCUT2D eigenvalue weighted by atomic mass is 79.9. The van der Waals surface area contributed by atoms with Crippen LogP contribution in [-0.4, -0.2) is 15.0 Å². The average Bonchev–Trinajstić information content (AvgIpc) is 2.61. The molecule has 0 amide bonds. The number of nitrogens with one attached hydrogen (secondary N) is 1. The average molecular weight is 238 g/mol. The Bertz CT molecular complexity index is 409. The third kappa shape index (κ3) is 1.62. The fourth-order valence-corrected chi connectivity index (χ4v) is 1.55. The van der Waals surface area contributed by atoms with Crippen LogP contribution >= 0.6 is 15.9 Å². The van der Waals surface area contributed by atoms with Gasteiger partial charge in [0.15, 0.2) is 0 Å². The van der Waals surface area contributed by atoms with Crippen LogP contribution in [0.4, 0.5) is 0 Å². The van der Waals surface area contributed by atoms with Gasteiger partial charge in [0.1, 0.15) is 5.82 Å². The summed E-state index contributed by atoms with van der Waals surface area (Å²) < 4.78 is 0.915. The summed E-state index contributed by atoms with van der Waals surface area (Å²) in [6.45, 7) is 1.88. The monoisotopic (exact) mass is 237 g/mol. The van der Waals surface area contributed by atoms with Crippen LogP contribution in [0.3, 0.4) is 0 Å². The number of H-pyrrole nitrogens is 1. The third-order valence-electron chi connectivity index (χ3n) is 1.74. The van der Waals surface area contributed by atoms with Crippen molar-refractivity contribution in [3.63, 3.8) is 0 Å². The topological polar surface area (TPSA) is 41.6 Å². The van der Waals surface area contributed by atoms with Crippen molar-refractivity contribution in [2.24, 2.45) is 0 Å². The van der Waals surface area contributed by atoms with E-state index in [0.29, 0.717) is 0 Å². The molecule has 0 aliphatic carbocycles. The van der Waals surface area contributed by atoms with E-state index in [1.807, 2.05) is 25.4 Å². The molecule has 2 heterocycles. The molecule has 0 atom stereocenters. The molecule has 0 bridgehead atoms. The molecule has 0 saturated heterocycles. The van der Waals surface area contributed by atoms with Gasteiger partial charge in [-0.15, -0.1) is 0 Å². The number of halogens is 1. The van der Waals surface area contributed by atoms with E-state index in [1.165, 1.54) is 0 Å². The molecular weight excluding hydrogens is 230 g/mol. The molecule has 1 N–H and O–H groups in total. The summed E-state index contributed by atoms with van der Waals surface area (Å²) in [7, 11) is 0. The van der Waals surface area contributed by atoms with E-state index >= 15 is 0 Å². The van der Waals surface area contributed by atoms with Crippen LogP contribution < -0.4 is 0 Å². The van der Waals surface area contributed by atoms with Crippen LogP contribution in [0.15, 0.2) is 29.1 Å². The lowest BCUT2D eigenvalue weighted by Gasteiger charge is -2.00. The standard InChI is InChI=1S/C9H8BrN3/c1-6-12-5-8(10)9(13-6)7-2-3-11-4-7/h2-5,11H,1H3. The van der Waals surface area contributed by atoms with Gasteiger partial charge in [-0.1, -0.05) is 0 Å². The summed E-state index contributed by atoms with van der Waals surface area (Å²) >= 11 is 3.41. The molecule has 4 heteroatoms. The van der Waals surface area contributed by atoms with Gasteiger partial charge in [0.2, 0.25) is 0 Å². The fraction of sp³-hybridized carbons (Fsp3) is 0.111. The van der Waals surface area contributed by atoms with Crippen LogP contribution in [0.1, 0.15) is 5.82 Å². The summed E-state index contributed by atoms with van der Waals surface area (Å²) in [6.07, 6.45) is 5.55. The number of hydrogen-bond donors (Lipinski definition) is 1. The van der Waals surface area contributed by atoms with Crippen molar-refractivity contribution >= 4 is 15.9 Å². The highest BCUT2D eigenvalue weighted by Gasteiger charge is 2.05. The van der Waals surface area contributed by atoms with Crippen LogP contribution in [-0.2, 0) is 0 Å². The summed E-state index contributed by atoms with van der Waals surface area (Å²) in [6, 6.07) is 1.98. The van der Waals surface area contributed by atoms with Gasteiger partial charge < -0.3 is 4.98 Å². The molecule has 0 unspecified atom stereocenters. The van der Waals surface area contributed by atoms with E-state index in [0.717, 1.165) is 21.6 Å². The minimum Gasteiger partial charge on any atom is -0.367 e. The molecule has 13 heavy (non-hydrogen) atoms. The quantitative estimate of drug-likeness (QED) is 0.829. The van der Waals surface area contributed by atoms with Crippen LogP contribution in [0.2, 0.25) is 0 Å². The summed E-state index contributed by atoms with van der Waals surface area (Å²) in [5, 5.41) is 0. The van der Waals surface area contributed by atoms with Gasteiger partial charge in [-0.2, -0.15) is 0 Å². The lowest BCUT2D eigenvalue weighted by Crippen LogP contribution is -1.90. The molecule has 66 valence electrons. The van der Waals surface area contributed by atoms with Gasteiger partial charge in [0.25, 0.3) is 0 Å². The molecule has 0 fully saturated rings. The zero-order chi connectivity index (χ0) is 9.26. The molecule has 0 aliphatic rings. The Morgan fingerprint density at radius 3 is 3.00 bits per heavy atom. The fourth-order valence-electron chi connectivity index (χ4n) is 1.13. The van der Waals surface area contributed by atoms with Gasteiger partial charge in [0, 0.05) is 24.2 Å². The molecule has 0 aromatic carbocycles. The minimum absolute atomic E-state index is 0.777. The predicted octanol–water partition coefficient (Wildman–Crippen LogP) is 2.54. The molecule has 0 spiro atoms. The van der Waals surface area contributed by atoms with Crippen LogP contribution in [0.5, 0.6) is 0 Å². The van der Waals surface area contributed by atoms with Gasteiger partial charge in [-0.05, 0) is 28.9 Å². The number of hydrogen-bond acceptors (Lipinski definition) is 2. The molecule has 2 aromatic rings. The Labute approximate surface area is 84.4 Å². The first-order chi connectivity index (χ1) is 6.27. The SMILES string of the molecule is Cc1ncc(Br)c(-c2cc[nH]c2)n1. The predicted molar refractivity (Wildman–Crippen MR) is 54.3 cm³/mol. The van der Waals surface area contributed by atoms with Gasteiger partial charge in [-0.25, -0.2) is 9.97 Å². The van der Waals surface area contributed by atoms with E-state index in [4.69, 9.17) is 0 Å². The number of aromatic amines is 1. The highest BCUT2D eigenvalue weighted by molar-refractivity contribution is 9.10. The van der Waals surface area contributed by atoms with E-state index in [9.17, 15) is 0 Å². The number of aromatic nitrogens is 3. The van der Waals surface area contributed by atoms with Crippen molar-refractivity contribution in [3.8, 4) is 11.3 Å². The second-order valence-corrected chi connectivity index (χ2v) is 3.57. The maximum atomic E-state index is 4.34. The Hall–Kier alpha value is -1.16. The van der Waals surface area contributed by atoms with Crippen molar-refractivity contribution in [2.75, 3.05) is 0 Å². The number of rotatable bonds is 1. The van der Waals surface area contributed by atoms with Crippen molar-refractivity contribution in [1.29, 1.82) is 0 Å². The second kappa shape index (κ2) is 3.30. The molecule has 2 rings (SSSR count). The van der Waals surface area contributed by atoms with Gasteiger partial charge in [0.05, 0.1) is 10.2 Å². The molecule has 0 aliphatic heterocycles. The lowest BCUT2D eigenvalue weighted by molar-refractivity contribution is 1.05. The molecule has 3 nitrogen and oxygen atoms in total. The van der Waals surface area contributed by atoms with E-state index in [1.54, 1.807) is 6.20 Å². The van der Waals surface area contributed by atoms with Crippen LogP contribution in [0.25, 0.3) is 11.3 Å². The zero-order valence-corrected chi connectivity index (χ0v) is 8.67. The van der Waals surface area contributed by atoms with Crippen LogP contribution in [0, 0.1) is 6.92 Å². The van der Waals surface area contributed by atoms with Crippen molar-refractivity contribution in [3.05, 3.63) is 35.0 Å². The smallest absolute Gasteiger partial charge is 0.125 e. The Morgan fingerprint density at radius 2 is 2.31 bits per heavy atom. The first-order valence-electron chi connectivity index (χ1n) is 3.89. The minimum atomic E-state index is 0.777. The zero-order valence-electron chi connectivity index (χ0n) is 7.08. The molecule has 0 radical (unpaired) electrons. The highest BCUT2D eigenvalue weighted by Crippen LogP contribution is 2.24. The first kappa shape index (κ1) is 8.44. The maximum absolute atomic E-state index is 4.34. The molecular formula is C9H8BrN3. The Balaban J connectivity index is 2.57. The lowest BCUT2D eigenvalue weighted by atomic mass is 10.2. The van der Waals surface area contributed by atoms with Crippen molar-refractivity contribution in [1.82, 2.24) is 15.0 Å². The second-order valence-electron chi connectivity index (χ2n) is 2.71. The van der Waals surface area contributed by atoms with Gasteiger partial charge >= 0.3 is 0 Å². The number of aryl methyl sites for hydroxylation is 1. The molecule has 0 saturated carbocycles. The largest absolute Gasteiger partial charge is 0.367 e. The number of nitrogens with zero attached hydrogens (tertiary/aromatic N) is 2. The first-order valence-corrected chi connectivity index (χ1v) is 4.69. The normalized spacial score (nSPS) is 10.3. The summed E-state index contributed by atoms with van der Waals surface area (Å²) in [5.41, 5.74) is 1.99. The van der Waals surface area contributed by atoms with E-state index in [2.05, 4.69) is 30.9 Å². The summed E-state index contributed by atoms with van der Waals surface area (Å²) in [5.74, 6) is 0.777. The van der Waals surface area contributed by atoms with Crippen molar-refractivity contribution in [2.45, 2.75) is 6.92 Å². The van der Waals surface area contributed by atoms with E-state index in [-0.39, 0.29) is 0 Å². The Kier molecular flexibility index (Phi) is 2.14. The molecule has 2 aromatic heterocycles. The third-order valence-corrected chi connectivity index (χ3v) is 2.32. The van der Waals surface area contributed by atoms with Gasteiger partial charge in [-0.3, -0.25) is 0 Å². The van der Waals surface area contributed by atoms with E-state index < -0.39 is 0 Å². The van der Waals surface area contributed by atoms with Crippen molar-refractivity contribution < 1.29 is 0 Å². The summed E-state index contributed by atoms with van der Waals surface area (Å²) in [4.78, 5) is 11.4. The Morgan fingerprint density at radius 1 is 1.46 bits per heavy atom.